The van der Waals surface area contributed by atoms with Crippen LogP contribution >= 0.6 is 11.3 Å². The van der Waals surface area contributed by atoms with E-state index in [1.54, 1.807) is 11.3 Å². The predicted octanol–water partition coefficient (Wildman–Crippen LogP) is 3.78. The molecule has 0 aliphatic heterocycles. The van der Waals surface area contributed by atoms with Crippen molar-refractivity contribution in [3.8, 4) is 0 Å². The van der Waals surface area contributed by atoms with Crippen molar-refractivity contribution in [2.45, 2.75) is 19.5 Å². The van der Waals surface area contributed by atoms with Crippen LogP contribution < -0.4 is 0 Å². The molecule has 0 saturated heterocycles. The van der Waals surface area contributed by atoms with Crippen molar-refractivity contribution in [3.63, 3.8) is 0 Å². The molecule has 0 bridgehead atoms. The monoisotopic (exact) mass is 293 g/mol. The Labute approximate surface area is 121 Å². The Morgan fingerprint density at radius 3 is 2.80 bits per heavy atom. The fraction of sp³-hybridized carbons (Fsp3) is 0.267. The van der Waals surface area contributed by atoms with Crippen LogP contribution in [-0.2, 0) is 6.54 Å². The smallest absolute Gasteiger partial charge is 0.336 e. The summed E-state index contributed by atoms with van der Waals surface area (Å²) >= 11 is 1.65. The first-order valence-corrected chi connectivity index (χ1v) is 7.12. The Kier molecular flexibility index (Phi) is 4.52. The average molecular weight is 293 g/mol. The van der Waals surface area contributed by atoms with Crippen LogP contribution in [0.4, 0.5) is 4.39 Å². The van der Waals surface area contributed by atoms with E-state index in [-0.39, 0.29) is 11.6 Å². The highest BCUT2D eigenvalue weighted by Crippen LogP contribution is 2.25. The molecule has 1 atom stereocenters. The summed E-state index contributed by atoms with van der Waals surface area (Å²) in [5.41, 5.74) is 0.639. The van der Waals surface area contributed by atoms with Crippen molar-refractivity contribution in [1.82, 2.24) is 4.90 Å². The van der Waals surface area contributed by atoms with Crippen molar-refractivity contribution in [3.05, 3.63) is 57.5 Å². The first-order chi connectivity index (χ1) is 9.49. The largest absolute Gasteiger partial charge is 0.478 e. The second-order valence-electron chi connectivity index (χ2n) is 4.71. The van der Waals surface area contributed by atoms with Crippen LogP contribution in [0.2, 0.25) is 0 Å². The molecule has 20 heavy (non-hydrogen) atoms. The van der Waals surface area contributed by atoms with Gasteiger partial charge in [-0.25, -0.2) is 9.18 Å². The van der Waals surface area contributed by atoms with Crippen LogP contribution in [0.25, 0.3) is 0 Å². The summed E-state index contributed by atoms with van der Waals surface area (Å²) in [6, 6.07) is 7.96. The maximum absolute atomic E-state index is 13.3. The van der Waals surface area contributed by atoms with E-state index in [4.69, 9.17) is 5.11 Å². The molecular formula is C15H16FNO2S. The van der Waals surface area contributed by atoms with Crippen molar-refractivity contribution in [2.24, 2.45) is 0 Å². The molecule has 0 aliphatic rings. The van der Waals surface area contributed by atoms with Crippen molar-refractivity contribution in [2.75, 3.05) is 7.05 Å². The van der Waals surface area contributed by atoms with Crippen LogP contribution in [0, 0.1) is 5.82 Å². The SMILES string of the molecule is CC(c1cccs1)N(C)Cc1cc(F)ccc1C(=O)O. The molecule has 1 heterocycles. The molecule has 1 aromatic heterocycles. The minimum Gasteiger partial charge on any atom is -0.478 e. The molecular weight excluding hydrogens is 277 g/mol. The van der Waals surface area contributed by atoms with E-state index >= 15 is 0 Å². The van der Waals surface area contributed by atoms with E-state index in [0.717, 1.165) is 0 Å². The number of hydrogen-bond acceptors (Lipinski definition) is 3. The van der Waals surface area contributed by atoms with E-state index < -0.39 is 11.8 Å². The first kappa shape index (κ1) is 14.7. The maximum atomic E-state index is 13.3. The van der Waals surface area contributed by atoms with Gasteiger partial charge in [0.15, 0.2) is 0 Å². The predicted molar refractivity (Wildman–Crippen MR) is 77.6 cm³/mol. The normalized spacial score (nSPS) is 12.6. The number of nitrogens with zero attached hydrogens (tertiary/aromatic N) is 1. The molecule has 2 rings (SSSR count). The first-order valence-electron chi connectivity index (χ1n) is 6.24. The summed E-state index contributed by atoms with van der Waals surface area (Å²) in [5.74, 6) is -1.45. The summed E-state index contributed by atoms with van der Waals surface area (Å²) in [5, 5.41) is 11.2. The fourth-order valence-corrected chi connectivity index (χ4v) is 2.90. The Hall–Kier alpha value is -1.72. The van der Waals surface area contributed by atoms with Gasteiger partial charge >= 0.3 is 5.97 Å². The van der Waals surface area contributed by atoms with Gasteiger partial charge in [-0.15, -0.1) is 11.3 Å². The second-order valence-corrected chi connectivity index (χ2v) is 5.69. The highest BCUT2D eigenvalue weighted by Gasteiger charge is 2.17. The number of halogens is 1. The van der Waals surface area contributed by atoms with E-state index in [0.29, 0.717) is 12.1 Å². The Morgan fingerprint density at radius 1 is 1.45 bits per heavy atom. The standard InChI is InChI=1S/C15H16FNO2S/c1-10(14-4-3-7-20-14)17(2)9-11-8-12(16)5-6-13(11)15(18)19/h3-8,10H,9H2,1-2H3,(H,18,19). The third-order valence-corrected chi connectivity index (χ3v) is 4.38. The second kappa shape index (κ2) is 6.15. The highest BCUT2D eigenvalue weighted by atomic mass is 32.1. The number of rotatable bonds is 5. The molecule has 1 aromatic carbocycles. The molecule has 0 radical (unpaired) electrons. The quantitative estimate of drug-likeness (QED) is 0.912. The number of carbonyl (C=O) groups is 1. The Bertz CT molecular complexity index is 598. The molecule has 0 fully saturated rings. The number of benzene rings is 1. The zero-order valence-electron chi connectivity index (χ0n) is 11.3. The summed E-state index contributed by atoms with van der Waals surface area (Å²) < 4.78 is 13.3. The molecule has 0 amide bonds. The van der Waals surface area contributed by atoms with Crippen molar-refractivity contribution < 1.29 is 14.3 Å². The van der Waals surface area contributed by atoms with Gasteiger partial charge in [-0.05, 0) is 49.2 Å². The molecule has 0 spiro atoms. The van der Waals surface area contributed by atoms with Gasteiger partial charge in [0, 0.05) is 17.5 Å². The van der Waals surface area contributed by atoms with Gasteiger partial charge in [0.1, 0.15) is 5.82 Å². The van der Waals surface area contributed by atoms with Crippen LogP contribution in [0.5, 0.6) is 0 Å². The molecule has 3 nitrogen and oxygen atoms in total. The Morgan fingerprint density at radius 2 is 2.20 bits per heavy atom. The molecule has 0 aliphatic carbocycles. The van der Waals surface area contributed by atoms with Gasteiger partial charge in [-0.3, -0.25) is 4.90 Å². The maximum Gasteiger partial charge on any atom is 0.336 e. The van der Waals surface area contributed by atoms with Crippen LogP contribution in [0.1, 0.15) is 33.8 Å². The van der Waals surface area contributed by atoms with Gasteiger partial charge in [0.05, 0.1) is 5.56 Å². The van der Waals surface area contributed by atoms with Gasteiger partial charge in [0.2, 0.25) is 0 Å². The van der Waals surface area contributed by atoms with Gasteiger partial charge in [0.25, 0.3) is 0 Å². The minimum atomic E-state index is -1.03. The van der Waals surface area contributed by atoms with E-state index in [2.05, 4.69) is 0 Å². The lowest BCUT2D eigenvalue weighted by molar-refractivity contribution is 0.0694. The van der Waals surface area contributed by atoms with Gasteiger partial charge < -0.3 is 5.11 Å². The lowest BCUT2D eigenvalue weighted by Crippen LogP contribution is -2.22. The topological polar surface area (TPSA) is 40.5 Å². The van der Waals surface area contributed by atoms with Crippen LogP contribution in [0.15, 0.2) is 35.7 Å². The van der Waals surface area contributed by atoms with Gasteiger partial charge in [-0.2, -0.15) is 0 Å². The van der Waals surface area contributed by atoms with E-state index in [1.807, 2.05) is 36.4 Å². The number of aromatic carboxylic acids is 1. The third-order valence-electron chi connectivity index (χ3n) is 3.33. The van der Waals surface area contributed by atoms with Crippen molar-refractivity contribution >= 4 is 17.3 Å². The number of hydrogen-bond donors (Lipinski definition) is 1. The minimum absolute atomic E-state index is 0.150. The van der Waals surface area contributed by atoms with Gasteiger partial charge in [-0.1, -0.05) is 6.07 Å². The number of thiophene rings is 1. The fourth-order valence-electron chi connectivity index (χ4n) is 2.05. The summed E-state index contributed by atoms with van der Waals surface area (Å²) in [6.07, 6.45) is 0. The summed E-state index contributed by atoms with van der Waals surface area (Å²) in [6.45, 7) is 2.43. The molecule has 106 valence electrons. The zero-order valence-corrected chi connectivity index (χ0v) is 12.2. The lowest BCUT2D eigenvalue weighted by Gasteiger charge is -2.24. The molecule has 5 heteroatoms. The molecule has 0 saturated carbocycles. The number of carboxylic acids is 1. The van der Waals surface area contributed by atoms with Crippen LogP contribution in [0.3, 0.4) is 0 Å². The van der Waals surface area contributed by atoms with E-state index in [1.165, 1.54) is 23.1 Å². The molecule has 1 N–H and O–H groups in total. The molecule has 2 aromatic rings. The summed E-state index contributed by atoms with van der Waals surface area (Å²) in [7, 11) is 1.90. The van der Waals surface area contributed by atoms with E-state index in [9.17, 15) is 9.18 Å². The summed E-state index contributed by atoms with van der Waals surface area (Å²) in [4.78, 5) is 14.4. The average Bonchev–Trinajstić information content (AvgIpc) is 2.91. The zero-order chi connectivity index (χ0) is 14.7. The van der Waals surface area contributed by atoms with Crippen molar-refractivity contribution in [1.29, 1.82) is 0 Å². The lowest BCUT2D eigenvalue weighted by atomic mass is 10.1. The Balaban J connectivity index is 2.21. The highest BCUT2D eigenvalue weighted by molar-refractivity contribution is 7.10. The third kappa shape index (κ3) is 3.23. The number of carboxylic acid groups (broad SMARTS) is 1. The molecule has 1 unspecified atom stereocenters. The van der Waals surface area contributed by atoms with Crippen LogP contribution in [-0.4, -0.2) is 23.0 Å².